The second kappa shape index (κ2) is 7.89. The third-order valence-corrected chi connectivity index (χ3v) is 7.36. The molecule has 2 heteroatoms. The number of nitrogens with zero attached hydrogens (tertiary/aromatic N) is 2. The van der Waals surface area contributed by atoms with Gasteiger partial charge in [-0.25, -0.2) is 0 Å². The van der Waals surface area contributed by atoms with Gasteiger partial charge in [-0.15, -0.1) is 0 Å². The molecule has 0 fully saturated rings. The normalized spacial score (nSPS) is 13.0. The van der Waals surface area contributed by atoms with Crippen LogP contribution in [0.2, 0.25) is 0 Å². The van der Waals surface area contributed by atoms with Gasteiger partial charge in [0.15, 0.2) is 0 Å². The summed E-state index contributed by atoms with van der Waals surface area (Å²) in [5.41, 5.74) is 11.5. The summed E-state index contributed by atoms with van der Waals surface area (Å²) in [6.45, 7) is 0.861. The molecule has 0 aliphatic carbocycles. The van der Waals surface area contributed by atoms with Gasteiger partial charge in [0.05, 0.1) is 11.0 Å². The van der Waals surface area contributed by atoms with Crippen LogP contribution < -0.4 is 4.90 Å². The minimum Gasteiger partial charge on any atom is -0.370 e. The summed E-state index contributed by atoms with van der Waals surface area (Å²) in [5, 5.41) is 2.59. The van der Waals surface area contributed by atoms with Crippen LogP contribution >= 0.6 is 0 Å². The zero-order valence-corrected chi connectivity index (χ0v) is 19.8. The minimum absolute atomic E-state index is 0.861. The number of hydrogen-bond donors (Lipinski definition) is 0. The van der Waals surface area contributed by atoms with Gasteiger partial charge in [-0.3, -0.25) is 0 Å². The molecule has 0 saturated carbocycles. The lowest BCUT2D eigenvalue weighted by atomic mass is 9.94. The van der Waals surface area contributed by atoms with Crippen LogP contribution in [0.3, 0.4) is 0 Å². The third kappa shape index (κ3) is 3.33. The summed E-state index contributed by atoms with van der Waals surface area (Å²) >= 11 is 0. The SMILES string of the molecule is CN1Cc2ccc3c4ccccc4n(c3c2)-c2cccc(c2)-c2ccccc2Cc2ccc1cc2. The Morgan fingerprint density at radius 2 is 1.34 bits per heavy atom. The maximum atomic E-state index is 2.43. The molecule has 168 valence electrons. The molecule has 2 aliphatic heterocycles. The molecule has 35 heavy (non-hydrogen) atoms. The van der Waals surface area contributed by atoms with Gasteiger partial charge in [0, 0.05) is 35.7 Å². The lowest BCUT2D eigenvalue weighted by Gasteiger charge is -2.21. The Morgan fingerprint density at radius 1 is 0.571 bits per heavy atom. The van der Waals surface area contributed by atoms with Crippen LogP contribution in [0.1, 0.15) is 16.7 Å². The van der Waals surface area contributed by atoms with Crippen molar-refractivity contribution in [3.05, 3.63) is 132 Å². The van der Waals surface area contributed by atoms with Crippen molar-refractivity contribution in [3.63, 3.8) is 0 Å². The Labute approximate surface area is 205 Å². The molecule has 2 aliphatic rings. The summed E-state index contributed by atoms with van der Waals surface area (Å²) in [7, 11) is 2.18. The highest BCUT2D eigenvalue weighted by molar-refractivity contribution is 6.09. The second-order valence-electron chi connectivity index (χ2n) is 9.61. The van der Waals surface area contributed by atoms with Crippen LogP contribution in [0.5, 0.6) is 0 Å². The first kappa shape index (κ1) is 20.1. The number of para-hydroxylation sites is 1. The van der Waals surface area contributed by atoms with E-state index in [2.05, 4.69) is 132 Å². The first-order chi connectivity index (χ1) is 17.2. The van der Waals surface area contributed by atoms with Gasteiger partial charge in [-0.1, -0.05) is 78.9 Å². The van der Waals surface area contributed by atoms with E-state index >= 15 is 0 Å². The fraction of sp³-hybridized carbons (Fsp3) is 0.0909. The van der Waals surface area contributed by atoms with Crippen molar-refractivity contribution in [3.8, 4) is 16.8 Å². The van der Waals surface area contributed by atoms with Crippen molar-refractivity contribution < 1.29 is 0 Å². The Bertz CT molecular complexity index is 1710. The van der Waals surface area contributed by atoms with Crippen LogP contribution in [0.4, 0.5) is 5.69 Å². The number of anilines is 1. The fourth-order valence-electron chi connectivity index (χ4n) is 5.61. The van der Waals surface area contributed by atoms with E-state index in [1.54, 1.807) is 0 Å². The molecule has 5 aromatic carbocycles. The Hall–Kier alpha value is -4.30. The topological polar surface area (TPSA) is 8.17 Å². The Kier molecular flexibility index (Phi) is 4.53. The van der Waals surface area contributed by atoms with E-state index < -0.39 is 0 Å². The third-order valence-electron chi connectivity index (χ3n) is 7.36. The van der Waals surface area contributed by atoms with Crippen molar-refractivity contribution >= 4 is 27.5 Å². The lowest BCUT2D eigenvalue weighted by molar-refractivity contribution is 0.923. The molecule has 6 bridgehead atoms. The average Bonchev–Trinajstić information content (AvgIpc) is 3.22. The van der Waals surface area contributed by atoms with E-state index in [4.69, 9.17) is 0 Å². The molecule has 2 nitrogen and oxygen atoms in total. The largest absolute Gasteiger partial charge is 0.370 e. The number of rotatable bonds is 0. The molecule has 0 amide bonds. The maximum absolute atomic E-state index is 2.43. The van der Waals surface area contributed by atoms with E-state index in [-0.39, 0.29) is 0 Å². The summed E-state index contributed by atoms with van der Waals surface area (Å²) in [6, 6.07) is 42.6. The highest BCUT2D eigenvalue weighted by Gasteiger charge is 2.15. The molecule has 0 N–H and O–H groups in total. The molecule has 0 atom stereocenters. The summed E-state index contributed by atoms with van der Waals surface area (Å²) in [4.78, 5) is 2.33. The van der Waals surface area contributed by atoms with E-state index in [9.17, 15) is 0 Å². The second-order valence-corrected chi connectivity index (χ2v) is 9.61. The van der Waals surface area contributed by atoms with E-state index in [1.165, 1.54) is 61.0 Å². The first-order valence-electron chi connectivity index (χ1n) is 12.3. The van der Waals surface area contributed by atoms with Gasteiger partial charge in [0.25, 0.3) is 0 Å². The Balaban J connectivity index is 1.55. The van der Waals surface area contributed by atoms with Crippen LogP contribution in [0.15, 0.2) is 115 Å². The predicted molar refractivity (Wildman–Crippen MR) is 148 cm³/mol. The van der Waals surface area contributed by atoms with Gasteiger partial charge in [-0.2, -0.15) is 0 Å². The number of hydrogen-bond acceptors (Lipinski definition) is 1. The van der Waals surface area contributed by atoms with Crippen LogP contribution in [-0.2, 0) is 13.0 Å². The van der Waals surface area contributed by atoms with E-state index in [1.807, 2.05) is 0 Å². The smallest absolute Gasteiger partial charge is 0.0544 e. The van der Waals surface area contributed by atoms with Crippen molar-refractivity contribution in [1.82, 2.24) is 4.57 Å². The zero-order chi connectivity index (χ0) is 23.4. The number of aromatic nitrogens is 1. The van der Waals surface area contributed by atoms with Crippen molar-refractivity contribution in [2.75, 3.05) is 11.9 Å². The van der Waals surface area contributed by atoms with Gasteiger partial charge < -0.3 is 9.47 Å². The highest BCUT2D eigenvalue weighted by atomic mass is 15.1. The van der Waals surface area contributed by atoms with Crippen molar-refractivity contribution in [1.29, 1.82) is 0 Å². The van der Waals surface area contributed by atoms with Crippen molar-refractivity contribution in [2.24, 2.45) is 0 Å². The summed E-state index contributed by atoms with van der Waals surface area (Å²) in [5.74, 6) is 0. The van der Waals surface area contributed by atoms with Gasteiger partial charge in [-0.05, 0) is 70.6 Å². The average molecular weight is 451 g/mol. The maximum Gasteiger partial charge on any atom is 0.0544 e. The van der Waals surface area contributed by atoms with E-state index in [0.29, 0.717) is 0 Å². The van der Waals surface area contributed by atoms with Crippen LogP contribution in [0.25, 0.3) is 38.6 Å². The van der Waals surface area contributed by atoms with Gasteiger partial charge >= 0.3 is 0 Å². The monoisotopic (exact) mass is 450 g/mol. The zero-order valence-electron chi connectivity index (χ0n) is 19.8. The number of benzene rings is 5. The Morgan fingerprint density at radius 3 is 2.26 bits per heavy atom. The standard InChI is InChI=1S/C33H26N2/c1-34-22-24-15-18-31-30-11-4-5-12-32(30)35(33(31)20-24)28-9-6-8-26(21-28)29-10-3-2-7-25(29)19-23-13-16-27(34)17-14-23/h2-18,20-21H,19,22H2,1H3. The molecule has 0 spiro atoms. The quantitative estimate of drug-likeness (QED) is 0.228. The first-order valence-corrected chi connectivity index (χ1v) is 12.3. The predicted octanol–water partition coefficient (Wildman–Crippen LogP) is 7.99. The highest BCUT2D eigenvalue weighted by Crippen LogP contribution is 2.35. The summed E-state index contributed by atoms with van der Waals surface area (Å²) < 4.78 is 2.43. The molecule has 1 aromatic heterocycles. The van der Waals surface area contributed by atoms with Crippen LogP contribution in [0, 0.1) is 0 Å². The molecular formula is C33H26N2. The van der Waals surface area contributed by atoms with Gasteiger partial charge in [0.1, 0.15) is 0 Å². The number of fused-ring (bicyclic) bond motifs is 5. The van der Waals surface area contributed by atoms with Crippen molar-refractivity contribution in [2.45, 2.75) is 13.0 Å². The fourth-order valence-corrected chi connectivity index (χ4v) is 5.61. The lowest BCUT2D eigenvalue weighted by Crippen LogP contribution is -2.16. The van der Waals surface area contributed by atoms with Gasteiger partial charge in [0.2, 0.25) is 0 Å². The molecule has 0 saturated heterocycles. The van der Waals surface area contributed by atoms with E-state index in [0.717, 1.165) is 13.0 Å². The molecule has 0 unspecified atom stereocenters. The molecule has 6 aromatic rings. The molecule has 0 radical (unpaired) electrons. The molecular weight excluding hydrogens is 424 g/mol. The van der Waals surface area contributed by atoms with Crippen LogP contribution in [-0.4, -0.2) is 11.6 Å². The molecule has 3 heterocycles. The summed E-state index contributed by atoms with van der Waals surface area (Å²) in [6.07, 6.45) is 0.917. The molecule has 8 rings (SSSR count). The minimum atomic E-state index is 0.861.